The molecular formula is C17H18N4O2S. The zero-order valence-corrected chi connectivity index (χ0v) is 13.9. The summed E-state index contributed by atoms with van der Waals surface area (Å²) in [6.07, 6.45) is 3.74. The van der Waals surface area contributed by atoms with Gasteiger partial charge in [0.05, 0.1) is 10.5 Å². The molecule has 3 rings (SSSR count). The van der Waals surface area contributed by atoms with E-state index in [1.165, 1.54) is 17.7 Å². The predicted octanol–water partition coefficient (Wildman–Crippen LogP) is 1.74. The summed E-state index contributed by atoms with van der Waals surface area (Å²) in [6, 6.07) is 10.6. The van der Waals surface area contributed by atoms with Gasteiger partial charge in [0.2, 0.25) is 10.0 Å². The second-order valence-corrected chi connectivity index (χ2v) is 7.38. The van der Waals surface area contributed by atoms with Gasteiger partial charge in [0.1, 0.15) is 11.9 Å². The van der Waals surface area contributed by atoms with Gasteiger partial charge in [0, 0.05) is 12.2 Å². The molecule has 2 aromatic rings. The van der Waals surface area contributed by atoms with Crippen LogP contribution in [0.5, 0.6) is 0 Å². The maximum absolute atomic E-state index is 11.2. The summed E-state index contributed by atoms with van der Waals surface area (Å²) in [5, 5.41) is 17.6. The number of nitriles is 1. The quantitative estimate of drug-likeness (QED) is 0.860. The minimum Gasteiger partial charge on any atom is -0.369 e. The van der Waals surface area contributed by atoms with Gasteiger partial charge in [-0.15, -0.1) is 0 Å². The van der Waals surface area contributed by atoms with Gasteiger partial charge in [-0.2, -0.15) is 5.26 Å². The fraction of sp³-hybridized carbons (Fsp3) is 0.294. The van der Waals surface area contributed by atoms with Crippen molar-refractivity contribution in [2.24, 2.45) is 5.14 Å². The molecule has 3 N–H and O–H groups in total. The van der Waals surface area contributed by atoms with E-state index in [2.05, 4.69) is 16.4 Å². The highest BCUT2D eigenvalue weighted by atomic mass is 32.2. The van der Waals surface area contributed by atoms with Crippen LogP contribution in [0.3, 0.4) is 0 Å². The Balaban J connectivity index is 1.66. The van der Waals surface area contributed by atoms with Crippen molar-refractivity contribution < 1.29 is 8.42 Å². The van der Waals surface area contributed by atoms with Crippen molar-refractivity contribution in [3.8, 4) is 6.07 Å². The van der Waals surface area contributed by atoms with Crippen LogP contribution in [0.25, 0.3) is 0 Å². The Morgan fingerprint density at radius 1 is 1.25 bits per heavy atom. The number of hydrogen-bond acceptors (Lipinski definition) is 5. The zero-order chi connectivity index (χ0) is 17.2. The average Bonchev–Trinajstić information content (AvgIpc) is 3.01. The monoisotopic (exact) mass is 342 g/mol. The smallest absolute Gasteiger partial charge is 0.238 e. The summed E-state index contributed by atoms with van der Waals surface area (Å²) in [6.45, 7) is 0.606. The van der Waals surface area contributed by atoms with Crippen molar-refractivity contribution in [1.82, 2.24) is 4.98 Å². The highest BCUT2D eigenvalue weighted by Crippen LogP contribution is 2.24. The van der Waals surface area contributed by atoms with Crippen LogP contribution in [0.15, 0.2) is 35.2 Å². The van der Waals surface area contributed by atoms with E-state index in [1.807, 2.05) is 6.07 Å². The number of benzene rings is 1. The number of aromatic nitrogens is 1. The molecule has 0 amide bonds. The molecule has 0 spiro atoms. The molecule has 1 heterocycles. The second kappa shape index (κ2) is 6.59. The van der Waals surface area contributed by atoms with Crippen molar-refractivity contribution in [2.75, 3.05) is 11.9 Å². The van der Waals surface area contributed by atoms with E-state index in [0.29, 0.717) is 24.3 Å². The molecule has 0 radical (unpaired) electrons. The average molecular weight is 342 g/mol. The lowest BCUT2D eigenvalue weighted by molar-refractivity contribution is 0.598. The van der Waals surface area contributed by atoms with Crippen LogP contribution >= 0.6 is 0 Å². The van der Waals surface area contributed by atoms with Gasteiger partial charge in [0.15, 0.2) is 0 Å². The molecule has 0 fully saturated rings. The first-order valence-corrected chi connectivity index (χ1v) is 9.30. The van der Waals surface area contributed by atoms with Crippen molar-refractivity contribution in [3.05, 3.63) is 52.7 Å². The van der Waals surface area contributed by atoms with Crippen molar-refractivity contribution in [2.45, 2.75) is 30.6 Å². The van der Waals surface area contributed by atoms with E-state index < -0.39 is 10.0 Å². The minimum absolute atomic E-state index is 0.103. The van der Waals surface area contributed by atoms with Crippen molar-refractivity contribution >= 4 is 15.8 Å². The lowest BCUT2D eigenvalue weighted by atomic mass is 10.1. The number of nitrogens with two attached hydrogens (primary N) is 1. The maximum atomic E-state index is 11.2. The number of rotatable bonds is 5. The molecular weight excluding hydrogens is 324 g/mol. The van der Waals surface area contributed by atoms with Crippen LogP contribution in [0.2, 0.25) is 0 Å². The fourth-order valence-electron chi connectivity index (χ4n) is 2.86. The SMILES string of the molecule is N#Cc1cc2c(nc1NCCc1ccc(S(N)(=O)=O)cc1)CCC2. The van der Waals surface area contributed by atoms with Crippen LogP contribution in [-0.2, 0) is 29.3 Å². The number of fused-ring (bicyclic) bond motifs is 1. The first kappa shape index (κ1) is 16.4. The van der Waals surface area contributed by atoms with Gasteiger partial charge in [-0.3, -0.25) is 0 Å². The number of sulfonamides is 1. The number of nitrogens with one attached hydrogen (secondary N) is 1. The molecule has 6 nitrogen and oxygen atoms in total. The van der Waals surface area contributed by atoms with Crippen molar-refractivity contribution in [1.29, 1.82) is 5.26 Å². The van der Waals surface area contributed by atoms with Gasteiger partial charge in [-0.1, -0.05) is 12.1 Å². The predicted molar refractivity (Wildman–Crippen MR) is 91.0 cm³/mol. The van der Waals surface area contributed by atoms with Crippen LogP contribution in [-0.4, -0.2) is 19.9 Å². The molecule has 0 saturated heterocycles. The van der Waals surface area contributed by atoms with E-state index in [4.69, 9.17) is 5.14 Å². The minimum atomic E-state index is -3.66. The highest BCUT2D eigenvalue weighted by molar-refractivity contribution is 7.89. The topological polar surface area (TPSA) is 109 Å². The molecule has 1 aliphatic carbocycles. The largest absolute Gasteiger partial charge is 0.369 e. The van der Waals surface area contributed by atoms with Gasteiger partial charge in [-0.25, -0.2) is 18.5 Å². The Morgan fingerprint density at radius 3 is 2.67 bits per heavy atom. The Bertz CT molecular complexity index is 899. The summed E-state index contributed by atoms with van der Waals surface area (Å²) >= 11 is 0. The Morgan fingerprint density at radius 2 is 2.00 bits per heavy atom. The first-order valence-electron chi connectivity index (χ1n) is 7.76. The standard InChI is InChI=1S/C17H18N4O2S/c18-11-14-10-13-2-1-3-16(13)21-17(14)20-9-8-12-4-6-15(7-5-12)24(19,22)23/h4-7,10H,1-3,8-9H2,(H,20,21)(H2,19,22,23). The molecule has 7 heteroatoms. The van der Waals surface area contributed by atoms with E-state index >= 15 is 0 Å². The molecule has 1 aromatic heterocycles. The molecule has 0 aliphatic heterocycles. The third kappa shape index (κ3) is 3.55. The summed E-state index contributed by atoms with van der Waals surface area (Å²) in [7, 11) is -3.66. The van der Waals surface area contributed by atoms with Gasteiger partial charge in [0.25, 0.3) is 0 Å². The summed E-state index contributed by atoms with van der Waals surface area (Å²) in [5.41, 5.74) is 3.81. The summed E-state index contributed by atoms with van der Waals surface area (Å²) in [4.78, 5) is 4.68. The van der Waals surface area contributed by atoms with E-state index in [1.54, 1.807) is 12.1 Å². The zero-order valence-electron chi connectivity index (χ0n) is 13.1. The fourth-order valence-corrected chi connectivity index (χ4v) is 3.38. The molecule has 1 aromatic carbocycles. The highest BCUT2D eigenvalue weighted by Gasteiger charge is 2.16. The Hall–Kier alpha value is -2.43. The van der Waals surface area contributed by atoms with Gasteiger partial charge in [-0.05, 0) is 55.0 Å². The lowest BCUT2D eigenvalue weighted by Crippen LogP contribution is -2.12. The maximum Gasteiger partial charge on any atom is 0.238 e. The third-order valence-corrected chi connectivity index (χ3v) is 5.06. The number of anilines is 1. The Labute approximate surface area is 141 Å². The molecule has 124 valence electrons. The van der Waals surface area contributed by atoms with Crippen LogP contribution in [0, 0.1) is 11.3 Å². The first-order chi connectivity index (χ1) is 11.5. The lowest BCUT2D eigenvalue weighted by Gasteiger charge is -2.10. The van der Waals surface area contributed by atoms with E-state index in [0.717, 1.165) is 30.5 Å². The molecule has 0 saturated carbocycles. The van der Waals surface area contributed by atoms with Crippen LogP contribution in [0.4, 0.5) is 5.82 Å². The molecule has 0 bridgehead atoms. The van der Waals surface area contributed by atoms with Gasteiger partial charge < -0.3 is 5.32 Å². The van der Waals surface area contributed by atoms with Crippen LogP contribution in [0.1, 0.15) is 28.8 Å². The molecule has 0 unspecified atom stereocenters. The van der Waals surface area contributed by atoms with Crippen LogP contribution < -0.4 is 10.5 Å². The Kier molecular flexibility index (Phi) is 4.51. The normalized spacial score (nSPS) is 13.3. The molecule has 0 atom stereocenters. The summed E-state index contributed by atoms with van der Waals surface area (Å²) < 4.78 is 22.5. The second-order valence-electron chi connectivity index (χ2n) is 5.82. The van der Waals surface area contributed by atoms with E-state index in [9.17, 15) is 13.7 Å². The number of pyridine rings is 1. The number of primary sulfonamides is 1. The number of nitrogens with zero attached hydrogens (tertiary/aromatic N) is 2. The molecule has 24 heavy (non-hydrogen) atoms. The molecule has 1 aliphatic rings. The van der Waals surface area contributed by atoms with E-state index in [-0.39, 0.29) is 4.90 Å². The van der Waals surface area contributed by atoms with Gasteiger partial charge >= 0.3 is 0 Å². The number of aryl methyl sites for hydroxylation is 2. The summed E-state index contributed by atoms with van der Waals surface area (Å²) in [5.74, 6) is 0.624. The third-order valence-electron chi connectivity index (χ3n) is 4.13. The van der Waals surface area contributed by atoms with Crippen molar-refractivity contribution in [3.63, 3.8) is 0 Å². The number of hydrogen-bond donors (Lipinski definition) is 2.